The first-order valence-electron chi connectivity index (χ1n) is 6.39. The molecule has 0 saturated heterocycles. The molecule has 7 nitrogen and oxygen atoms in total. The van der Waals surface area contributed by atoms with Gasteiger partial charge in [-0.15, -0.1) is 0 Å². The molecule has 2 heterocycles. The summed E-state index contributed by atoms with van der Waals surface area (Å²) < 4.78 is 30.1. The number of pyridine rings is 1. The molecule has 0 bridgehead atoms. The number of nitrogens with two attached hydrogens (primary N) is 1. The number of nitrogens with zero attached hydrogens (tertiary/aromatic N) is 3. The molecule has 0 radical (unpaired) electrons. The Morgan fingerprint density at radius 1 is 1.23 bits per heavy atom. The molecule has 2 aromatic heterocycles. The minimum atomic E-state index is -3.79. The fourth-order valence-electron chi connectivity index (χ4n) is 2.26. The number of fused-ring (bicyclic) bond motifs is 1. The maximum Gasteiger partial charge on any atom is 0.238 e. The number of hydrogen-bond acceptors (Lipinski definition) is 5. The van der Waals surface area contributed by atoms with Crippen LogP contribution in [-0.4, -0.2) is 30.3 Å². The van der Waals surface area contributed by atoms with Gasteiger partial charge in [-0.05, 0) is 24.3 Å². The van der Waals surface area contributed by atoms with Crippen LogP contribution in [0.25, 0.3) is 22.2 Å². The highest BCUT2D eigenvalue weighted by Crippen LogP contribution is 2.32. The molecule has 0 atom stereocenters. The monoisotopic (exact) mass is 318 g/mol. The molecule has 0 aliphatic heterocycles. The fourth-order valence-corrected chi connectivity index (χ4v) is 2.80. The molecule has 2 N–H and O–H groups in total. The highest BCUT2D eigenvalue weighted by molar-refractivity contribution is 7.89. The van der Waals surface area contributed by atoms with Crippen molar-refractivity contribution in [2.45, 2.75) is 4.90 Å². The predicted octanol–water partition coefficient (Wildman–Crippen LogP) is 1.29. The number of benzene rings is 1. The van der Waals surface area contributed by atoms with E-state index in [4.69, 9.17) is 9.88 Å². The van der Waals surface area contributed by atoms with Gasteiger partial charge in [0.05, 0.1) is 23.7 Å². The predicted molar refractivity (Wildman–Crippen MR) is 81.9 cm³/mol. The average Bonchev–Trinajstić information content (AvgIpc) is 2.86. The van der Waals surface area contributed by atoms with E-state index < -0.39 is 10.0 Å². The zero-order valence-electron chi connectivity index (χ0n) is 12.0. The molecule has 0 aliphatic rings. The van der Waals surface area contributed by atoms with Crippen molar-refractivity contribution in [1.82, 2.24) is 14.8 Å². The summed E-state index contributed by atoms with van der Waals surface area (Å²) in [6.45, 7) is 0. The third-order valence-electron chi connectivity index (χ3n) is 3.41. The van der Waals surface area contributed by atoms with Gasteiger partial charge in [-0.1, -0.05) is 0 Å². The van der Waals surface area contributed by atoms with E-state index in [0.29, 0.717) is 11.3 Å². The van der Waals surface area contributed by atoms with Crippen LogP contribution in [0, 0.1) is 0 Å². The SMILES string of the molecule is COc1ccc(S(N)(=O)=O)cc1-c1cnc2cnn(C)c2c1. The van der Waals surface area contributed by atoms with Gasteiger partial charge in [0.25, 0.3) is 0 Å². The van der Waals surface area contributed by atoms with Crippen molar-refractivity contribution in [2.75, 3.05) is 7.11 Å². The second-order valence-electron chi connectivity index (χ2n) is 4.80. The molecule has 3 rings (SSSR count). The summed E-state index contributed by atoms with van der Waals surface area (Å²) in [5.74, 6) is 0.538. The largest absolute Gasteiger partial charge is 0.496 e. The van der Waals surface area contributed by atoms with E-state index in [-0.39, 0.29) is 4.90 Å². The minimum Gasteiger partial charge on any atom is -0.496 e. The lowest BCUT2D eigenvalue weighted by Gasteiger charge is -2.10. The molecule has 1 aromatic carbocycles. The second-order valence-corrected chi connectivity index (χ2v) is 6.37. The molecule has 0 aliphatic carbocycles. The van der Waals surface area contributed by atoms with Gasteiger partial charge in [0.1, 0.15) is 11.3 Å². The molecule has 3 aromatic rings. The zero-order chi connectivity index (χ0) is 15.9. The Morgan fingerprint density at radius 2 is 2.00 bits per heavy atom. The van der Waals surface area contributed by atoms with Crippen LogP contribution in [-0.2, 0) is 17.1 Å². The fraction of sp³-hybridized carbons (Fsp3) is 0.143. The maximum absolute atomic E-state index is 11.5. The Bertz CT molecular complexity index is 963. The Balaban J connectivity index is 2.25. The van der Waals surface area contributed by atoms with Gasteiger partial charge in [0.2, 0.25) is 10.0 Å². The summed E-state index contributed by atoms with van der Waals surface area (Å²) in [6, 6.07) is 6.34. The van der Waals surface area contributed by atoms with Crippen LogP contribution in [0.4, 0.5) is 0 Å². The third-order valence-corrected chi connectivity index (χ3v) is 4.32. The van der Waals surface area contributed by atoms with Crippen molar-refractivity contribution in [3.63, 3.8) is 0 Å². The molecule has 0 saturated carbocycles. The van der Waals surface area contributed by atoms with Crippen LogP contribution in [0.15, 0.2) is 41.6 Å². The van der Waals surface area contributed by atoms with Gasteiger partial charge in [0, 0.05) is 24.4 Å². The molecular weight excluding hydrogens is 304 g/mol. The van der Waals surface area contributed by atoms with E-state index in [9.17, 15) is 8.42 Å². The summed E-state index contributed by atoms with van der Waals surface area (Å²) in [5, 5.41) is 9.33. The summed E-state index contributed by atoms with van der Waals surface area (Å²) >= 11 is 0. The van der Waals surface area contributed by atoms with Crippen LogP contribution < -0.4 is 9.88 Å². The van der Waals surface area contributed by atoms with E-state index in [1.807, 2.05) is 13.1 Å². The summed E-state index contributed by atoms with van der Waals surface area (Å²) in [6.07, 6.45) is 3.31. The van der Waals surface area contributed by atoms with Gasteiger partial charge in [-0.2, -0.15) is 5.10 Å². The van der Waals surface area contributed by atoms with Crippen molar-refractivity contribution < 1.29 is 13.2 Å². The molecule has 114 valence electrons. The lowest BCUT2D eigenvalue weighted by molar-refractivity contribution is 0.416. The second kappa shape index (κ2) is 5.08. The standard InChI is InChI=1S/C14H14N4O3S/c1-18-13-5-9(7-16-12(13)8-17-18)11-6-10(22(15,19)20)3-4-14(11)21-2/h3-8H,1-2H3,(H2,15,19,20). The van der Waals surface area contributed by atoms with Crippen molar-refractivity contribution >= 4 is 21.1 Å². The molecule has 22 heavy (non-hydrogen) atoms. The first-order chi connectivity index (χ1) is 10.4. The highest BCUT2D eigenvalue weighted by atomic mass is 32.2. The molecule has 8 heteroatoms. The van der Waals surface area contributed by atoms with E-state index in [1.54, 1.807) is 23.1 Å². The molecular formula is C14H14N4O3S. The molecule has 0 spiro atoms. The molecule has 0 fully saturated rings. The van der Waals surface area contributed by atoms with Crippen molar-refractivity contribution in [3.05, 3.63) is 36.7 Å². The number of primary sulfonamides is 1. The number of aryl methyl sites for hydroxylation is 1. The topological polar surface area (TPSA) is 100 Å². The van der Waals surface area contributed by atoms with Gasteiger partial charge in [-0.3, -0.25) is 9.67 Å². The van der Waals surface area contributed by atoms with Crippen LogP contribution >= 0.6 is 0 Å². The smallest absolute Gasteiger partial charge is 0.238 e. The van der Waals surface area contributed by atoms with Crippen LogP contribution in [0.5, 0.6) is 5.75 Å². The Kier molecular flexibility index (Phi) is 3.34. The summed E-state index contributed by atoms with van der Waals surface area (Å²) in [7, 11) is -0.461. The Hall–Kier alpha value is -2.45. The third kappa shape index (κ3) is 2.42. The van der Waals surface area contributed by atoms with E-state index in [1.165, 1.54) is 19.2 Å². The quantitative estimate of drug-likeness (QED) is 0.784. The highest BCUT2D eigenvalue weighted by Gasteiger charge is 2.14. The lowest BCUT2D eigenvalue weighted by atomic mass is 10.1. The van der Waals surface area contributed by atoms with Crippen molar-refractivity contribution in [1.29, 1.82) is 0 Å². The first-order valence-corrected chi connectivity index (χ1v) is 7.94. The van der Waals surface area contributed by atoms with Crippen LogP contribution in [0.3, 0.4) is 0 Å². The van der Waals surface area contributed by atoms with Crippen LogP contribution in [0.1, 0.15) is 0 Å². The van der Waals surface area contributed by atoms with E-state index in [2.05, 4.69) is 10.1 Å². The number of hydrogen-bond donors (Lipinski definition) is 1. The summed E-state index contributed by atoms with van der Waals surface area (Å²) in [4.78, 5) is 4.35. The number of methoxy groups -OCH3 is 1. The van der Waals surface area contributed by atoms with Gasteiger partial charge in [-0.25, -0.2) is 13.6 Å². The van der Waals surface area contributed by atoms with Gasteiger partial charge in [0.15, 0.2) is 0 Å². The Morgan fingerprint density at radius 3 is 2.68 bits per heavy atom. The summed E-state index contributed by atoms with van der Waals surface area (Å²) in [5.41, 5.74) is 2.91. The number of sulfonamides is 1. The lowest BCUT2D eigenvalue weighted by Crippen LogP contribution is -2.12. The first kappa shape index (κ1) is 14.5. The maximum atomic E-state index is 11.5. The zero-order valence-corrected chi connectivity index (χ0v) is 12.8. The van der Waals surface area contributed by atoms with Gasteiger partial charge < -0.3 is 4.74 Å². The van der Waals surface area contributed by atoms with E-state index >= 15 is 0 Å². The van der Waals surface area contributed by atoms with Crippen LogP contribution in [0.2, 0.25) is 0 Å². The van der Waals surface area contributed by atoms with Gasteiger partial charge >= 0.3 is 0 Å². The Labute approximate surface area is 127 Å². The number of aromatic nitrogens is 3. The number of ether oxygens (including phenoxy) is 1. The average molecular weight is 318 g/mol. The normalized spacial score (nSPS) is 11.8. The minimum absolute atomic E-state index is 0.0217. The molecule has 0 amide bonds. The molecule has 0 unspecified atom stereocenters. The van der Waals surface area contributed by atoms with E-state index in [0.717, 1.165) is 16.6 Å². The van der Waals surface area contributed by atoms with Crippen molar-refractivity contribution in [2.24, 2.45) is 12.2 Å². The van der Waals surface area contributed by atoms with Crippen molar-refractivity contribution in [3.8, 4) is 16.9 Å². The number of rotatable bonds is 3.